The van der Waals surface area contributed by atoms with Crippen molar-refractivity contribution in [3.05, 3.63) is 59.2 Å². The van der Waals surface area contributed by atoms with Crippen molar-refractivity contribution in [2.45, 2.75) is 20.0 Å². The van der Waals surface area contributed by atoms with E-state index < -0.39 is 0 Å². The highest BCUT2D eigenvalue weighted by atomic mass is 16.5. The quantitative estimate of drug-likeness (QED) is 0.528. The van der Waals surface area contributed by atoms with Gasteiger partial charge in [-0.25, -0.2) is 0 Å². The van der Waals surface area contributed by atoms with Crippen LogP contribution in [0.2, 0.25) is 0 Å². The van der Waals surface area contributed by atoms with E-state index in [0.717, 1.165) is 28.6 Å². The van der Waals surface area contributed by atoms with Crippen LogP contribution in [0.5, 0.6) is 11.5 Å². The lowest BCUT2D eigenvalue weighted by Gasteiger charge is -2.23. The third-order valence-electron chi connectivity index (χ3n) is 4.48. The first kappa shape index (κ1) is 22.1. The molecule has 0 heterocycles. The van der Waals surface area contributed by atoms with Crippen LogP contribution < -0.4 is 20.1 Å². The number of rotatable bonds is 8. The lowest BCUT2D eigenvalue weighted by Crippen LogP contribution is -2.38. The highest BCUT2D eigenvalue weighted by Crippen LogP contribution is 2.25. The van der Waals surface area contributed by atoms with Crippen LogP contribution >= 0.6 is 0 Å². The van der Waals surface area contributed by atoms with Gasteiger partial charge >= 0.3 is 0 Å². The normalized spacial score (nSPS) is 11.0. The van der Waals surface area contributed by atoms with Crippen molar-refractivity contribution in [2.24, 2.45) is 4.99 Å². The van der Waals surface area contributed by atoms with Gasteiger partial charge in [0.2, 0.25) is 0 Å². The number of methoxy groups -OCH3 is 2. The zero-order valence-electron chi connectivity index (χ0n) is 17.8. The molecule has 1 amide bonds. The van der Waals surface area contributed by atoms with Gasteiger partial charge in [0.25, 0.3) is 5.91 Å². The van der Waals surface area contributed by atoms with E-state index in [9.17, 15) is 4.79 Å². The molecule has 156 valence electrons. The number of amides is 1. The fraction of sp³-hybridized carbons (Fsp3) is 0.364. The van der Waals surface area contributed by atoms with E-state index in [1.165, 1.54) is 0 Å². The number of hydrogen-bond acceptors (Lipinski definition) is 4. The van der Waals surface area contributed by atoms with Crippen molar-refractivity contribution in [3.63, 3.8) is 0 Å². The van der Waals surface area contributed by atoms with Gasteiger partial charge in [0.05, 0.1) is 14.2 Å². The molecule has 0 aromatic heterocycles. The van der Waals surface area contributed by atoms with Crippen LogP contribution in [0, 0.1) is 0 Å². The molecule has 2 N–H and O–H groups in total. The summed E-state index contributed by atoms with van der Waals surface area (Å²) in [7, 11) is 7.00. The number of nitrogens with zero attached hydrogens (tertiary/aromatic N) is 2. The zero-order valence-corrected chi connectivity index (χ0v) is 17.8. The minimum atomic E-state index is -0.0593. The van der Waals surface area contributed by atoms with Crippen LogP contribution in [0.3, 0.4) is 0 Å². The number of aliphatic imine (C=N–C) groups is 1. The maximum atomic E-state index is 11.9. The third kappa shape index (κ3) is 6.14. The minimum absolute atomic E-state index is 0.0593. The Morgan fingerprint density at radius 3 is 2.38 bits per heavy atom. The van der Waals surface area contributed by atoms with Crippen molar-refractivity contribution in [2.75, 3.05) is 34.9 Å². The largest absolute Gasteiger partial charge is 0.497 e. The molecule has 0 saturated heterocycles. The van der Waals surface area contributed by atoms with Gasteiger partial charge in [-0.3, -0.25) is 9.79 Å². The van der Waals surface area contributed by atoms with Crippen molar-refractivity contribution in [3.8, 4) is 11.5 Å². The predicted octanol–water partition coefficient (Wildman–Crippen LogP) is 2.66. The number of hydrogen-bond donors (Lipinski definition) is 2. The highest BCUT2D eigenvalue weighted by Gasteiger charge is 2.11. The Bertz CT molecular complexity index is 834. The van der Waals surface area contributed by atoms with E-state index in [2.05, 4.69) is 15.6 Å². The van der Waals surface area contributed by atoms with Crippen molar-refractivity contribution in [1.82, 2.24) is 15.5 Å². The molecule has 2 aromatic rings. The topological polar surface area (TPSA) is 75.2 Å². The van der Waals surface area contributed by atoms with Gasteiger partial charge in [0, 0.05) is 50.9 Å². The second kappa shape index (κ2) is 10.9. The average Bonchev–Trinajstić information content (AvgIpc) is 2.75. The summed E-state index contributed by atoms with van der Waals surface area (Å²) >= 11 is 0. The Kier molecular flexibility index (Phi) is 8.33. The van der Waals surface area contributed by atoms with Crippen LogP contribution in [-0.4, -0.2) is 51.6 Å². The van der Waals surface area contributed by atoms with Crippen LogP contribution in [0.4, 0.5) is 0 Å². The van der Waals surface area contributed by atoms with Crippen molar-refractivity contribution < 1.29 is 14.3 Å². The molecule has 0 aliphatic heterocycles. The van der Waals surface area contributed by atoms with E-state index in [-0.39, 0.29) is 5.91 Å². The van der Waals surface area contributed by atoms with Crippen molar-refractivity contribution >= 4 is 11.9 Å². The fourth-order valence-electron chi connectivity index (χ4n) is 2.92. The monoisotopic (exact) mass is 398 g/mol. The molecule has 29 heavy (non-hydrogen) atoms. The summed E-state index contributed by atoms with van der Waals surface area (Å²) in [6, 6.07) is 13.3. The summed E-state index contributed by atoms with van der Waals surface area (Å²) in [6.07, 6.45) is 0. The van der Waals surface area contributed by atoms with E-state index in [4.69, 9.17) is 9.47 Å². The van der Waals surface area contributed by atoms with Crippen LogP contribution in [0.1, 0.15) is 28.4 Å². The average molecular weight is 399 g/mol. The van der Waals surface area contributed by atoms with Gasteiger partial charge in [-0.05, 0) is 36.8 Å². The van der Waals surface area contributed by atoms with Crippen molar-refractivity contribution in [1.29, 1.82) is 0 Å². The Labute approximate surface area is 172 Å². The Morgan fingerprint density at radius 2 is 1.79 bits per heavy atom. The minimum Gasteiger partial charge on any atom is -0.497 e. The smallest absolute Gasteiger partial charge is 0.251 e. The first-order valence-corrected chi connectivity index (χ1v) is 9.52. The number of benzene rings is 2. The first-order chi connectivity index (χ1) is 14.0. The van der Waals surface area contributed by atoms with E-state index in [0.29, 0.717) is 25.2 Å². The molecule has 0 bridgehead atoms. The van der Waals surface area contributed by atoms with Gasteiger partial charge < -0.3 is 25.0 Å². The number of nitrogens with one attached hydrogen (secondary N) is 2. The molecular formula is C22H30N4O3. The molecular weight excluding hydrogens is 368 g/mol. The molecule has 0 aliphatic carbocycles. The Balaban J connectivity index is 1.98. The molecule has 0 spiro atoms. The summed E-state index contributed by atoms with van der Waals surface area (Å²) in [5.74, 6) is 2.23. The number of ether oxygens (including phenoxy) is 2. The Morgan fingerprint density at radius 1 is 1.07 bits per heavy atom. The van der Waals surface area contributed by atoms with Crippen LogP contribution in [0.25, 0.3) is 0 Å². The van der Waals surface area contributed by atoms with Gasteiger partial charge in [0.15, 0.2) is 5.96 Å². The highest BCUT2D eigenvalue weighted by molar-refractivity contribution is 5.94. The standard InChI is InChI=1S/C22H30N4O3/c1-6-24-21(27)17-9-7-16(8-10-17)14-25-22(23-2)26(3)15-18-11-12-19(28-4)13-20(18)29-5/h7-13H,6,14-15H2,1-5H3,(H,23,25)(H,24,27). The third-order valence-corrected chi connectivity index (χ3v) is 4.48. The first-order valence-electron chi connectivity index (χ1n) is 9.52. The summed E-state index contributed by atoms with van der Waals surface area (Å²) in [5.41, 5.74) is 2.75. The molecule has 2 aromatic carbocycles. The number of carbonyl (C=O) groups excluding carboxylic acids is 1. The molecule has 0 aliphatic rings. The zero-order chi connectivity index (χ0) is 21.2. The van der Waals surface area contributed by atoms with Gasteiger partial charge in [0.1, 0.15) is 11.5 Å². The summed E-state index contributed by atoms with van der Waals surface area (Å²) < 4.78 is 10.7. The summed E-state index contributed by atoms with van der Waals surface area (Å²) in [6.45, 7) is 3.75. The van der Waals surface area contributed by atoms with E-state index in [1.807, 2.05) is 61.3 Å². The van der Waals surface area contributed by atoms with Crippen LogP contribution in [-0.2, 0) is 13.1 Å². The fourth-order valence-corrected chi connectivity index (χ4v) is 2.92. The summed E-state index contributed by atoms with van der Waals surface area (Å²) in [5, 5.41) is 6.15. The van der Waals surface area contributed by atoms with Gasteiger partial charge in [-0.2, -0.15) is 0 Å². The van der Waals surface area contributed by atoms with E-state index >= 15 is 0 Å². The maximum absolute atomic E-state index is 11.9. The molecule has 0 unspecified atom stereocenters. The maximum Gasteiger partial charge on any atom is 0.251 e. The van der Waals surface area contributed by atoms with Crippen LogP contribution in [0.15, 0.2) is 47.5 Å². The number of guanidine groups is 1. The van der Waals surface area contributed by atoms with Gasteiger partial charge in [-0.1, -0.05) is 12.1 Å². The second-order valence-corrected chi connectivity index (χ2v) is 6.49. The summed E-state index contributed by atoms with van der Waals surface area (Å²) in [4.78, 5) is 18.2. The SMILES string of the molecule is CCNC(=O)c1ccc(CNC(=NC)N(C)Cc2ccc(OC)cc2OC)cc1. The second-order valence-electron chi connectivity index (χ2n) is 6.49. The lowest BCUT2D eigenvalue weighted by atomic mass is 10.1. The molecule has 0 fully saturated rings. The predicted molar refractivity (Wildman–Crippen MR) is 116 cm³/mol. The molecule has 0 saturated carbocycles. The molecule has 2 rings (SSSR count). The molecule has 0 radical (unpaired) electrons. The molecule has 7 heteroatoms. The molecule has 7 nitrogen and oxygen atoms in total. The van der Waals surface area contributed by atoms with Gasteiger partial charge in [-0.15, -0.1) is 0 Å². The number of carbonyl (C=O) groups is 1. The Hall–Kier alpha value is -3.22. The lowest BCUT2D eigenvalue weighted by molar-refractivity contribution is 0.0956. The molecule has 0 atom stereocenters. The van der Waals surface area contributed by atoms with E-state index in [1.54, 1.807) is 21.3 Å².